The molecule has 2 rings (SSSR count). The van der Waals surface area contributed by atoms with Crippen LogP contribution < -0.4 is 4.74 Å². The van der Waals surface area contributed by atoms with Crippen molar-refractivity contribution < 1.29 is 17.9 Å². The number of hydrogen-bond acceptors (Lipinski definition) is 3. The molecule has 0 aliphatic heterocycles. The molecule has 1 aromatic rings. The summed E-state index contributed by atoms with van der Waals surface area (Å²) in [5, 5.41) is -0.251. The minimum Gasteiger partial charge on any atom is -0.477 e. The number of nitrogens with zero attached hydrogens (tertiary/aromatic N) is 2. The van der Waals surface area contributed by atoms with Gasteiger partial charge >= 0.3 is 6.18 Å². The van der Waals surface area contributed by atoms with Gasteiger partial charge in [-0.2, -0.15) is 18.2 Å². The standard InChI is InChI=1S/C9H8ClF3N2O/c10-8-14-3-6(9(11,12)13)7(15-8)16-4-5-1-2-5/h3,5H,1-2,4H2. The molecule has 88 valence electrons. The molecule has 0 bridgehead atoms. The maximum Gasteiger partial charge on any atom is 0.423 e. The predicted octanol–water partition coefficient (Wildman–Crippen LogP) is 2.94. The topological polar surface area (TPSA) is 35.0 Å². The van der Waals surface area contributed by atoms with Crippen LogP contribution in [0.4, 0.5) is 13.2 Å². The third-order valence-electron chi connectivity index (χ3n) is 2.18. The van der Waals surface area contributed by atoms with Crippen LogP contribution in [-0.4, -0.2) is 16.6 Å². The molecule has 1 heterocycles. The summed E-state index contributed by atoms with van der Waals surface area (Å²) in [6.07, 6.45) is -1.92. The highest BCUT2D eigenvalue weighted by Crippen LogP contribution is 2.36. The van der Waals surface area contributed by atoms with Crippen molar-refractivity contribution in [2.75, 3.05) is 6.61 Å². The van der Waals surface area contributed by atoms with Gasteiger partial charge in [-0.25, -0.2) is 4.98 Å². The molecule has 1 aliphatic carbocycles. The molecule has 1 aromatic heterocycles. The molecule has 0 amide bonds. The summed E-state index contributed by atoms with van der Waals surface area (Å²) in [4.78, 5) is 6.75. The molecule has 0 N–H and O–H groups in total. The van der Waals surface area contributed by atoms with Crippen molar-refractivity contribution in [3.8, 4) is 5.88 Å². The quantitative estimate of drug-likeness (QED) is 0.776. The van der Waals surface area contributed by atoms with Gasteiger partial charge < -0.3 is 4.74 Å². The van der Waals surface area contributed by atoms with Crippen molar-refractivity contribution in [2.24, 2.45) is 5.92 Å². The van der Waals surface area contributed by atoms with Crippen molar-refractivity contribution in [1.29, 1.82) is 0 Å². The molecule has 16 heavy (non-hydrogen) atoms. The average Bonchev–Trinajstić information content (AvgIpc) is 2.96. The summed E-state index contributed by atoms with van der Waals surface area (Å²) in [7, 11) is 0. The van der Waals surface area contributed by atoms with Gasteiger partial charge in [0.2, 0.25) is 11.2 Å². The monoisotopic (exact) mass is 252 g/mol. The number of ether oxygens (including phenoxy) is 1. The molecule has 7 heteroatoms. The van der Waals surface area contributed by atoms with Crippen LogP contribution in [0.3, 0.4) is 0 Å². The average molecular weight is 253 g/mol. The van der Waals surface area contributed by atoms with E-state index in [4.69, 9.17) is 16.3 Å². The number of rotatable bonds is 3. The van der Waals surface area contributed by atoms with Gasteiger partial charge in [-0.05, 0) is 30.4 Å². The third kappa shape index (κ3) is 2.75. The summed E-state index contributed by atoms with van der Waals surface area (Å²) in [5.74, 6) is -0.144. The maximum atomic E-state index is 12.5. The number of aromatic nitrogens is 2. The number of halogens is 4. The van der Waals surface area contributed by atoms with Gasteiger partial charge in [0.05, 0.1) is 6.61 Å². The Morgan fingerprint density at radius 3 is 2.69 bits per heavy atom. The summed E-state index contributed by atoms with van der Waals surface area (Å²) in [5.41, 5.74) is -0.988. The van der Waals surface area contributed by atoms with Crippen LogP contribution in [-0.2, 0) is 6.18 Å². The number of hydrogen-bond donors (Lipinski definition) is 0. The van der Waals surface area contributed by atoms with Crippen molar-refractivity contribution >= 4 is 11.6 Å². The lowest BCUT2D eigenvalue weighted by Gasteiger charge is -2.11. The normalized spacial score (nSPS) is 16.2. The lowest BCUT2D eigenvalue weighted by atomic mass is 10.3. The molecule has 3 nitrogen and oxygen atoms in total. The van der Waals surface area contributed by atoms with Crippen LogP contribution in [0, 0.1) is 5.92 Å². The van der Waals surface area contributed by atoms with Crippen LogP contribution in [0.1, 0.15) is 18.4 Å². The van der Waals surface area contributed by atoms with E-state index < -0.39 is 17.6 Å². The van der Waals surface area contributed by atoms with Gasteiger partial charge in [0.25, 0.3) is 0 Å². The summed E-state index contributed by atoms with van der Waals surface area (Å²) >= 11 is 5.43. The Hall–Kier alpha value is -1.04. The fourth-order valence-corrected chi connectivity index (χ4v) is 1.26. The van der Waals surface area contributed by atoms with E-state index in [0.717, 1.165) is 12.8 Å². The molecule has 1 fully saturated rings. The Kier molecular flexibility index (Phi) is 2.92. The van der Waals surface area contributed by atoms with E-state index in [0.29, 0.717) is 12.1 Å². The highest BCUT2D eigenvalue weighted by molar-refractivity contribution is 6.28. The fourth-order valence-electron chi connectivity index (χ4n) is 1.13. The molecule has 0 spiro atoms. The van der Waals surface area contributed by atoms with Crippen molar-refractivity contribution in [1.82, 2.24) is 9.97 Å². The Labute approximate surface area is 94.6 Å². The van der Waals surface area contributed by atoms with Crippen molar-refractivity contribution in [3.05, 3.63) is 17.0 Å². The maximum absolute atomic E-state index is 12.5. The first-order valence-corrected chi connectivity index (χ1v) is 5.07. The van der Waals surface area contributed by atoms with Gasteiger partial charge in [0, 0.05) is 6.20 Å². The summed E-state index contributed by atoms with van der Waals surface area (Å²) in [6, 6.07) is 0. The second-order valence-corrected chi connectivity index (χ2v) is 3.95. The molecule has 0 atom stereocenters. The van der Waals surface area contributed by atoms with Crippen LogP contribution in [0.25, 0.3) is 0 Å². The minimum absolute atomic E-state index is 0.246. The lowest BCUT2D eigenvalue weighted by molar-refractivity contribution is -0.139. The molecule has 0 unspecified atom stereocenters. The van der Waals surface area contributed by atoms with E-state index in [1.807, 2.05) is 0 Å². The first kappa shape index (κ1) is 11.4. The summed E-state index contributed by atoms with van der Waals surface area (Å²) in [6.45, 7) is 0.246. The molecule has 0 aromatic carbocycles. The number of alkyl halides is 3. The predicted molar refractivity (Wildman–Crippen MR) is 50.3 cm³/mol. The van der Waals surface area contributed by atoms with E-state index in [1.165, 1.54) is 0 Å². The first-order chi connectivity index (χ1) is 7.47. The zero-order valence-electron chi connectivity index (χ0n) is 8.09. The molecule has 0 radical (unpaired) electrons. The second kappa shape index (κ2) is 4.08. The molecule has 1 saturated carbocycles. The molecular weight excluding hydrogens is 245 g/mol. The highest BCUT2D eigenvalue weighted by Gasteiger charge is 2.36. The molecular formula is C9H8ClF3N2O. The first-order valence-electron chi connectivity index (χ1n) is 4.69. The third-order valence-corrected chi connectivity index (χ3v) is 2.36. The van der Waals surface area contributed by atoms with Gasteiger partial charge in [0.1, 0.15) is 5.56 Å². The van der Waals surface area contributed by atoms with E-state index in [-0.39, 0.29) is 11.9 Å². The fraction of sp³-hybridized carbons (Fsp3) is 0.556. The van der Waals surface area contributed by atoms with E-state index >= 15 is 0 Å². The van der Waals surface area contributed by atoms with Crippen molar-refractivity contribution in [3.63, 3.8) is 0 Å². The van der Waals surface area contributed by atoms with Gasteiger partial charge in [0.15, 0.2) is 0 Å². The zero-order chi connectivity index (χ0) is 11.8. The van der Waals surface area contributed by atoms with Crippen LogP contribution in [0.15, 0.2) is 6.20 Å². The largest absolute Gasteiger partial charge is 0.477 e. The Balaban J connectivity index is 2.20. The Morgan fingerprint density at radius 1 is 1.44 bits per heavy atom. The Morgan fingerprint density at radius 2 is 2.12 bits per heavy atom. The van der Waals surface area contributed by atoms with Crippen molar-refractivity contribution in [2.45, 2.75) is 19.0 Å². The second-order valence-electron chi connectivity index (χ2n) is 3.61. The smallest absolute Gasteiger partial charge is 0.423 e. The van der Waals surface area contributed by atoms with E-state index in [2.05, 4.69) is 9.97 Å². The van der Waals surface area contributed by atoms with Gasteiger partial charge in [-0.1, -0.05) is 0 Å². The van der Waals surface area contributed by atoms with Crippen LogP contribution in [0.2, 0.25) is 5.28 Å². The molecule has 1 aliphatic rings. The van der Waals surface area contributed by atoms with E-state index in [1.54, 1.807) is 0 Å². The van der Waals surface area contributed by atoms with E-state index in [9.17, 15) is 13.2 Å². The lowest BCUT2D eigenvalue weighted by Crippen LogP contribution is -2.12. The summed E-state index contributed by atoms with van der Waals surface area (Å²) < 4.78 is 42.6. The van der Waals surface area contributed by atoms with Crippen LogP contribution in [0.5, 0.6) is 5.88 Å². The highest BCUT2D eigenvalue weighted by atomic mass is 35.5. The molecule has 0 saturated heterocycles. The minimum atomic E-state index is -4.52. The van der Waals surface area contributed by atoms with Gasteiger partial charge in [-0.3, -0.25) is 0 Å². The zero-order valence-corrected chi connectivity index (χ0v) is 8.85. The van der Waals surface area contributed by atoms with Gasteiger partial charge in [-0.15, -0.1) is 0 Å². The SMILES string of the molecule is FC(F)(F)c1cnc(Cl)nc1OCC1CC1. The Bertz CT molecular complexity index is 393. The van der Waals surface area contributed by atoms with Crippen LogP contribution >= 0.6 is 11.6 Å².